The highest BCUT2D eigenvalue weighted by atomic mass is 16.6. The Morgan fingerprint density at radius 2 is 2.13 bits per heavy atom. The molecule has 1 aliphatic rings. The Labute approximate surface area is 132 Å². The molecular weight excluding hydrogens is 300 g/mol. The molecule has 1 atom stereocenters. The SMILES string of the molecule is COC(=O)[C@H](C)Oc1ccc2c(c1)O/C(=C/c1ccco1)C2=O. The zero-order valence-electron chi connectivity index (χ0n) is 12.6. The van der Waals surface area contributed by atoms with E-state index in [1.807, 2.05) is 0 Å². The van der Waals surface area contributed by atoms with Gasteiger partial charge in [0.15, 0.2) is 11.9 Å². The van der Waals surface area contributed by atoms with E-state index in [1.54, 1.807) is 37.3 Å². The van der Waals surface area contributed by atoms with Crippen LogP contribution in [-0.2, 0) is 9.53 Å². The molecule has 0 bridgehead atoms. The highest BCUT2D eigenvalue weighted by molar-refractivity contribution is 6.14. The number of benzene rings is 1. The maximum absolute atomic E-state index is 12.3. The number of furan rings is 1. The van der Waals surface area contributed by atoms with E-state index in [4.69, 9.17) is 13.9 Å². The van der Waals surface area contributed by atoms with E-state index < -0.39 is 12.1 Å². The van der Waals surface area contributed by atoms with Crippen molar-refractivity contribution in [1.29, 1.82) is 0 Å². The van der Waals surface area contributed by atoms with Gasteiger partial charge in [-0.3, -0.25) is 4.79 Å². The number of hydrogen-bond acceptors (Lipinski definition) is 6. The molecule has 0 aliphatic carbocycles. The average Bonchev–Trinajstić information content (AvgIpc) is 3.15. The molecule has 0 amide bonds. The molecule has 0 radical (unpaired) electrons. The number of Topliss-reactive ketones (excluding diaryl/α,β-unsaturated/α-hetero) is 1. The number of methoxy groups -OCH3 is 1. The minimum atomic E-state index is -0.756. The average molecular weight is 314 g/mol. The summed E-state index contributed by atoms with van der Waals surface area (Å²) in [5.74, 6) is 0.769. The summed E-state index contributed by atoms with van der Waals surface area (Å²) in [7, 11) is 1.29. The lowest BCUT2D eigenvalue weighted by molar-refractivity contribution is -0.147. The fraction of sp³-hybridized carbons (Fsp3) is 0.176. The first-order chi connectivity index (χ1) is 11.1. The van der Waals surface area contributed by atoms with Crippen molar-refractivity contribution < 1.29 is 28.2 Å². The molecule has 3 rings (SSSR count). The summed E-state index contributed by atoms with van der Waals surface area (Å²) in [6.45, 7) is 1.58. The van der Waals surface area contributed by atoms with Gasteiger partial charge in [-0.25, -0.2) is 4.79 Å². The summed E-state index contributed by atoms with van der Waals surface area (Å²) in [4.78, 5) is 23.6. The summed E-state index contributed by atoms with van der Waals surface area (Å²) in [6, 6.07) is 8.21. The Balaban J connectivity index is 1.81. The number of carbonyl (C=O) groups excluding carboxylic acids is 2. The Morgan fingerprint density at radius 1 is 1.30 bits per heavy atom. The van der Waals surface area contributed by atoms with E-state index in [1.165, 1.54) is 19.4 Å². The zero-order valence-corrected chi connectivity index (χ0v) is 12.6. The molecule has 118 valence electrons. The minimum absolute atomic E-state index is 0.174. The topological polar surface area (TPSA) is 75.0 Å². The minimum Gasteiger partial charge on any atom is -0.479 e. The quantitative estimate of drug-likeness (QED) is 0.638. The van der Waals surface area contributed by atoms with E-state index in [-0.39, 0.29) is 11.5 Å². The molecule has 1 aliphatic heterocycles. The predicted molar refractivity (Wildman–Crippen MR) is 80.2 cm³/mol. The largest absolute Gasteiger partial charge is 0.479 e. The van der Waals surface area contributed by atoms with E-state index in [0.29, 0.717) is 22.8 Å². The molecule has 0 saturated heterocycles. The van der Waals surface area contributed by atoms with Crippen LogP contribution in [0, 0.1) is 0 Å². The summed E-state index contributed by atoms with van der Waals surface area (Å²) < 4.78 is 20.8. The monoisotopic (exact) mass is 314 g/mol. The van der Waals surface area contributed by atoms with E-state index in [2.05, 4.69) is 4.74 Å². The summed E-state index contributed by atoms with van der Waals surface area (Å²) in [6.07, 6.45) is 2.28. The molecule has 0 N–H and O–H groups in total. The van der Waals surface area contributed by atoms with E-state index in [9.17, 15) is 9.59 Å². The predicted octanol–water partition coefficient (Wildman–Crippen LogP) is 2.84. The van der Waals surface area contributed by atoms with E-state index in [0.717, 1.165) is 0 Å². The molecule has 0 unspecified atom stereocenters. The van der Waals surface area contributed by atoms with Crippen molar-refractivity contribution in [2.45, 2.75) is 13.0 Å². The van der Waals surface area contributed by atoms with Gasteiger partial charge in [0.1, 0.15) is 17.3 Å². The van der Waals surface area contributed by atoms with Crippen molar-refractivity contribution in [2.75, 3.05) is 7.11 Å². The summed E-state index contributed by atoms with van der Waals surface area (Å²) >= 11 is 0. The van der Waals surface area contributed by atoms with Gasteiger partial charge in [-0.1, -0.05) is 0 Å². The highest BCUT2D eigenvalue weighted by Crippen LogP contribution is 2.35. The molecule has 2 aromatic rings. The number of rotatable bonds is 4. The Kier molecular flexibility index (Phi) is 3.89. The molecule has 0 saturated carbocycles. The molecule has 0 spiro atoms. The molecule has 6 nitrogen and oxygen atoms in total. The van der Waals surface area contributed by atoms with Gasteiger partial charge < -0.3 is 18.6 Å². The second kappa shape index (κ2) is 6.00. The lowest BCUT2D eigenvalue weighted by Gasteiger charge is -2.12. The van der Waals surface area contributed by atoms with Crippen LogP contribution in [0.25, 0.3) is 6.08 Å². The number of ether oxygens (including phenoxy) is 3. The summed E-state index contributed by atoms with van der Waals surface area (Å²) in [5.41, 5.74) is 0.431. The van der Waals surface area contributed by atoms with Crippen LogP contribution in [-0.4, -0.2) is 25.0 Å². The number of allylic oxidation sites excluding steroid dienone is 1. The van der Waals surface area contributed by atoms with Crippen LogP contribution in [0.3, 0.4) is 0 Å². The van der Waals surface area contributed by atoms with Crippen LogP contribution in [0.4, 0.5) is 0 Å². The number of ketones is 1. The van der Waals surface area contributed by atoms with Crippen LogP contribution in [0.15, 0.2) is 46.8 Å². The molecule has 6 heteroatoms. The number of esters is 1. The number of carbonyl (C=O) groups is 2. The Morgan fingerprint density at radius 3 is 2.83 bits per heavy atom. The van der Waals surface area contributed by atoms with Crippen LogP contribution in [0.5, 0.6) is 11.5 Å². The molecule has 23 heavy (non-hydrogen) atoms. The van der Waals surface area contributed by atoms with Gasteiger partial charge in [-0.15, -0.1) is 0 Å². The molecule has 0 fully saturated rings. The normalized spacial score (nSPS) is 15.9. The second-order valence-corrected chi connectivity index (χ2v) is 4.90. The Hall–Kier alpha value is -3.02. The highest BCUT2D eigenvalue weighted by Gasteiger charge is 2.28. The standard InChI is InChI=1S/C17H14O6/c1-10(17(19)20-2)22-12-5-6-13-14(9-12)23-15(16(13)18)8-11-4-3-7-21-11/h3-10H,1-2H3/b15-8+/t10-/m0/s1. The van der Waals surface area contributed by atoms with Gasteiger partial charge in [0.2, 0.25) is 5.78 Å². The van der Waals surface area contributed by atoms with Gasteiger partial charge in [0.25, 0.3) is 0 Å². The fourth-order valence-electron chi connectivity index (χ4n) is 2.16. The van der Waals surface area contributed by atoms with Crippen LogP contribution >= 0.6 is 0 Å². The van der Waals surface area contributed by atoms with Gasteiger partial charge in [-0.2, -0.15) is 0 Å². The second-order valence-electron chi connectivity index (χ2n) is 4.90. The molecular formula is C17H14O6. The van der Waals surface area contributed by atoms with E-state index >= 15 is 0 Å². The van der Waals surface area contributed by atoms with Crippen LogP contribution in [0.2, 0.25) is 0 Å². The lowest BCUT2D eigenvalue weighted by atomic mass is 10.1. The third-order valence-electron chi connectivity index (χ3n) is 3.30. The van der Waals surface area contributed by atoms with Gasteiger partial charge >= 0.3 is 5.97 Å². The maximum atomic E-state index is 12.3. The first kappa shape index (κ1) is 14.9. The van der Waals surface area contributed by atoms with Gasteiger partial charge in [0.05, 0.1) is 18.9 Å². The Bertz CT molecular complexity index is 772. The maximum Gasteiger partial charge on any atom is 0.346 e. The van der Waals surface area contributed by atoms with Crippen molar-refractivity contribution in [2.24, 2.45) is 0 Å². The summed E-state index contributed by atoms with van der Waals surface area (Å²) in [5, 5.41) is 0. The van der Waals surface area contributed by atoms with Crippen molar-refractivity contribution >= 4 is 17.8 Å². The molecule has 1 aromatic carbocycles. The van der Waals surface area contributed by atoms with Gasteiger partial charge in [0, 0.05) is 12.1 Å². The fourth-order valence-corrected chi connectivity index (χ4v) is 2.16. The molecule has 1 aromatic heterocycles. The number of fused-ring (bicyclic) bond motifs is 1. The van der Waals surface area contributed by atoms with Gasteiger partial charge in [-0.05, 0) is 31.2 Å². The zero-order chi connectivity index (χ0) is 16.4. The smallest absolute Gasteiger partial charge is 0.346 e. The van der Waals surface area contributed by atoms with Crippen molar-refractivity contribution in [3.8, 4) is 11.5 Å². The van der Waals surface area contributed by atoms with Crippen LogP contribution < -0.4 is 9.47 Å². The third-order valence-corrected chi connectivity index (χ3v) is 3.30. The van der Waals surface area contributed by atoms with Crippen LogP contribution in [0.1, 0.15) is 23.0 Å². The first-order valence-electron chi connectivity index (χ1n) is 6.95. The first-order valence-corrected chi connectivity index (χ1v) is 6.95. The lowest BCUT2D eigenvalue weighted by Crippen LogP contribution is -2.24. The van der Waals surface area contributed by atoms with Crippen molar-refractivity contribution in [3.05, 3.63) is 53.7 Å². The van der Waals surface area contributed by atoms with Crippen molar-refractivity contribution in [3.63, 3.8) is 0 Å². The van der Waals surface area contributed by atoms with Crippen molar-refractivity contribution in [1.82, 2.24) is 0 Å². The molecule has 2 heterocycles. The number of hydrogen-bond donors (Lipinski definition) is 0. The third kappa shape index (κ3) is 2.96.